The summed E-state index contributed by atoms with van der Waals surface area (Å²) in [7, 11) is 1.51. The maximum absolute atomic E-state index is 12.5. The number of nitrogens with zero attached hydrogens (tertiary/aromatic N) is 1. The first kappa shape index (κ1) is 14.0. The van der Waals surface area contributed by atoms with Crippen molar-refractivity contribution in [3.05, 3.63) is 23.8 Å². The maximum Gasteiger partial charge on any atom is 0.258 e. The SMILES string of the molecule is COc1ccc(O)c(C(=O)N2CCOCC2CCl)c1. The zero-order valence-electron chi connectivity index (χ0n) is 10.6. The molecule has 0 bridgehead atoms. The van der Waals surface area contributed by atoms with Gasteiger partial charge in [0.2, 0.25) is 0 Å². The number of carbonyl (C=O) groups is 1. The third-order valence-electron chi connectivity index (χ3n) is 3.10. The molecule has 1 fully saturated rings. The lowest BCUT2D eigenvalue weighted by molar-refractivity contribution is 0.00440. The molecule has 1 aliphatic rings. The van der Waals surface area contributed by atoms with Gasteiger partial charge in [-0.1, -0.05) is 0 Å². The fourth-order valence-corrected chi connectivity index (χ4v) is 2.27. The Morgan fingerprint density at radius 1 is 1.63 bits per heavy atom. The number of phenolic OH excluding ortho intramolecular Hbond substituents is 1. The van der Waals surface area contributed by atoms with Crippen molar-refractivity contribution >= 4 is 17.5 Å². The van der Waals surface area contributed by atoms with Crippen LogP contribution in [0, 0.1) is 0 Å². The molecule has 0 aliphatic carbocycles. The number of hydrogen-bond donors (Lipinski definition) is 1. The van der Waals surface area contributed by atoms with Gasteiger partial charge < -0.3 is 19.5 Å². The number of hydrogen-bond acceptors (Lipinski definition) is 4. The van der Waals surface area contributed by atoms with Gasteiger partial charge in [0.05, 0.1) is 31.9 Å². The molecule has 5 nitrogen and oxygen atoms in total. The van der Waals surface area contributed by atoms with Gasteiger partial charge in [0.15, 0.2) is 0 Å². The number of carbonyl (C=O) groups excluding carboxylic acids is 1. The van der Waals surface area contributed by atoms with Crippen molar-refractivity contribution in [2.75, 3.05) is 32.7 Å². The Morgan fingerprint density at radius 3 is 3.11 bits per heavy atom. The van der Waals surface area contributed by atoms with Crippen LogP contribution in [0.1, 0.15) is 10.4 Å². The monoisotopic (exact) mass is 285 g/mol. The van der Waals surface area contributed by atoms with Gasteiger partial charge in [-0.05, 0) is 18.2 Å². The number of methoxy groups -OCH3 is 1. The number of phenols is 1. The van der Waals surface area contributed by atoms with Crippen LogP contribution in [0.2, 0.25) is 0 Å². The lowest BCUT2D eigenvalue weighted by Crippen LogP contribution is -2.49. The molecule has 1 saturated heterocycles. The molecule has 1 heterocycles. The molecule has 0 radical (unpaired) electrons. The van der Waals surface area contributed by atoms with Crippen molar-refractivity contribution in [3.63, 3.8) is 0 Å². The minimum Gasteiger partial charge on any atom is -0.507 e. The van der Waals surface area contributed by atoms with Crippen molar-refractivity contribution in [2.45, 2.75) is 6.04 Å². The van der Waals surface area contributed by atoms with E-state index in [1.165, 1.54) is 19.2 Å². The standard InChI is InChI=1S/C13H16ClNO4/c1-18-10-2-3-12(16)11(6-10)13(17)15-4-5-19-8-9(15)7-14/h2-3,6,9,16H,4-5,7-8H2,1H3. The average Bonchev–Trinajstić information content (AvgIpc) is 2.47. The van der Waals surface area contributed by atoms with Crippen LogP contribution in [-0.4, -0.2) is 54.7 Å². The number of rotatable bonds is 3. The Labute approximate surface area is 116 Å². The molecule has 1 aromatic carbocycles. The van der Waals surface area contributed by atoms with E-state index in [1.54, 1.807) is 11.0 Å². The molecular weight excluding hydrogens is 270 g/mol. The number of aromatic hydroxyl groups is 1. The predicted octanol–water partition coefficient (Wildman–Crippen LogP) is 1.48. The molecule has 19 heavy (non-hydrogen) atoms. The van der Waals surface area contributed by atoms with E-state index in [0.717, 1.165) is 0 Å². The molecule has 0 aromatic heterocycles. The van der Waals surface area contributed by atoms with E-state index in [9.17, 15) is 9.90 Å². The van der Waals surface area contributed by atoms with Crippen molar-refractivity contribution in [2.24, 2.45) is 0 Å². The van der Waals surface area contributed by atoms with E-state index in [4.69, 9.17) is 21.1 Å². The minimum absolute atomic E-state index is 0.0642. The molecule has 1 aliphatic heterocycles. The highest BCUT2D eigenvalue weighted by molar-refractivity contribution is 6.18. The van der Waals surface area contributed by atoms with E-state index in [0.29, 0.717) is 31.4 Å². The first-order valence-electron chi connectivity index (χ1n) is 5.99. The van der Waals surface area contributed by atoms with Crippen molar-refractivity contribution < 1.29 is 19.4 Å². The zero-order chi connectivity index (χ0) is 13.8. The summed E-state index contributed by atoms with van der Waals surface area (Å²) >= 11 is 5.84. The maximum atomic E-state index is 12.5. The Hall–Kier alpha value is -1.46. The van der Waals surface area contributed by atoms with Crippen LogP contribution < -0.4 is 4.74 Å². The van der Waals surface area contributed by atoms with Crippen LogP contribution in [0.25, 0.3) is 0 Å². The third-order valence-corrected chi connectivity index (χ3v) is 3.46. The van der Waals surface area contributed by atoms with E-state index in [-0.39, 0.29) is 23.3 Å². The van der Waals surface area contributed by atoms with Crippen LogP contribution >= 0.6 is 11.6 Å². The van der Waals surface area contributed by atoms with Crippen LogP contribution in [-0.2, 0) is 4.74 Å². The molecule has 104 valence electrons. The van der Waals surface area contributed by atoms with Gasteiger partial charge in [-0.15, -0.1) is 11.6 Å². The molecular formula is C13H16ClNO4. The van der Waals surface area contributed by atoms with Crippen LogP contribution in [0.4, 0.5) is 0 Å². The molecule has 1 unspecified atom stereocenters. The summed E-state index contributed by atoms with van der Waals surface area (Å²) in [6, 6.07) is 4.40. The Bertz CT molecular complexity index is 466. The molecule has 1 N–H and O–H groups in total. The number of alkyl halides is 1. The largest absolute Gasteiger partial charge is 0.507 e. The second-order valence-electron chi connectivity index (χ2n) is 4.26. The molecule has 6 heteroatoms. The second kappa shape index (κ2) is 6.12. The first-order chi connectivity index (χ1) is 9.17. The molecule has 1 amide bonds. The van der Waals surface area contributed by atoms with Crippen molar-refractivity contribution in [1.82, 2.24) is 4.90 Å². The summed E-state index contributed by atoms with van der Waals surface area (Å²) in [5.41, 5.74) is 0.219. The van der Waals surface area contributed by atoms with Gasteiger partial charge in [-0.2, -0.15) is 0 Å². The van der Waals surface area contributed by atoms with Gasteiger partial charge in [0.1, 0.15) is 11.5 Å². The highest BCUT2D eigenvalue weighted by Crippen LogP contribution is 2.25. The van der Waals surface area contributed by atoms with Crippen molar-refractivity contribution in [3.8, 4) is 11.5 Å². The van der Waals surface area contributed by atoms with E-state index < -0.39 is 0 Å². The summed E-state index contributed by atoms with van der Waals surface area (Å²) in [5.74, 6) is 0.504. The first-order valence-corrected chi connectivity index (χ1v) is 6.52. The third kappa shape index (κ3) is 2.93. The normalized spacial score (nSPS) is 19.3. The predicted molar refractivity (Wildman–Crippen MR) is 71.0 cm³/mol. The molecule has 1 atom stereocenters. The molecule has 1 aromatic rings. The summed E-state index contributed by atoms with van der Waals surface area (Å²) in [5, 5.41) is 9.82. The van der Waals surface area contributed by atoms with Gasteiger partial charge >= 0.3 is 0 Å². The second-order valence-corrected chi connectivity index (χ2v) is 4.57. The zero-order valence-corrected chi connectivity index (χ0v) is 11.4. The lowest BCUT2D eigenvalue weighted by atomic mass is 10.1. The highest BCUT2D eigenvalue weighted by Gasteiger charge is 2.29. The van der Waals surface area contributed by atoms with Gasteiger partial charge in [-0.3, -0.25) is 4.79 Å². The lowest BCUT2D eigenvalue weighted by Gasteiger charge is -2.34. The molecule has 0 spiro atoms. The quantitative estimate of drug-likeness (QED) is 0.855. The molecule has 2 rings (SSSR count). The minimum atomic E-state index is -0.259. The van der Waals surface area contributed by atoms with E-state index in [1.807, 2.05) is 0 Å². The summed E-state index contributed by atoms with van der Waals surface area (Å²) in [6.07, 6.45) is 0. The van der Waals surface area contributed by atoms with E-state index in [2.05, 4.69) is 0 Å². The number of morpholine rings is 1. The number of benzene rings is 1. The summed E-state index contributed by atoms with van der Waals surface area (Å²) in [6.45, 7) is 1.36. The molecule has 0 saturated carbocycles. The Balaban J connectivity index is 2.27. The highest BCUT2D eigenvalue weighted by atomic mass is 35.5. The fourth-order valence-electron chi connectivity index (χ4n) is 2.02. The van der Waals surface area contributed by atoms with Gasteiger partial charge in [-0.25, -0.2) is 0 Å². The smallest absolute Gasteiger partial charge is 0.258 e. The summed E-state index contributed by atoms with van der Waals surface area (Å²) in [4.78, 5) is 14.1. The van der Waals surface area contributed by atoms with Gasteiger partial charge in [0, 0.05) is 12.4 Å². The summed E-state index contributed by atoms with van der Waals surface area (Å²) < 4.78 is 10.4. The van der Waals surface area contributed by atoms with E-state index >= 15 is 0 Å². The van der Waals surface area contributed by atoms with Crippen LogP contribution in [0.15, 0.2) is 18.2 Å². The van der Waals surface area contributed by atoms with Gasteiger partial charge in [0.25, 0.3) is 5.91 Å². The van der Waals surface area contributed by atoms with Crippen LogP contribution in [0.3, 0.4) is 0 Å². The average molecular weight is 286 g/mol. The van der Waals surface area contributed by atoms with Crippen molar-refractivity contribution in [1.29, 1.82) is 0 Å². The topological polar surface area (TPSA) is 59.0 Å². The Kier molecular flexibility index (Phi) is 4.50. The number of ether oxygens (including phenoxy) is 2. The number of amides is 1. The fraction of sp³-hybridized carbons (Fsp3) is 0.462. The Morgan fingerprint density at radius 2 is 2.42 bits per heavy atom. The van der Waals surface area contributed by atoms with Crippen LogP contribution in [0.5, 0.6) is 11.5 Å². The number of halogens is 1.